The monoisotopic (exact) mass is 210 g/mol. The van der Waals surface area contributed by atoms with Gasteiger partial charge in [0.15, 0.2) is 0 Å². The zero-order chi connectivity index (χ0) is 11.4. The molecule has 5 heteroatoms. The largest absolute Gasteiger partial charge is 0.507 e. The highest BCUT2D eigenvalue weighted by atomic mass is 16.3. The lowest BCUT2D eigenvalue weighted by molar-refractivity contribution is 0.0936. The maximum absolute atomic E-state index is 11.6. The van der Waals surface area contributed by atoms with Crippen molar-refractivity contribution in [1.82, 2.24) is 5.32 Å². The number of rotatable bonds is 3. The summed E-state index contributed by atoms with van der Waals surface area (Å²) in [5.74, 6) is -1.04. The van der Waals surface area contributed by atoms with Crippen molar-refractivity contribution in [3.8, 4) is 11.5 Å². The zero-order valence-corrected chi connectivity index (χ0v) is 8.40. The number of aromatic hydroxyl groups is 2. The number of carbonyl (C=O) groups is 1. The highest BCUT2D eigenvalue weighted by molar-refractivity contribution is 5.99. The molecule has 0 fully saturated rings. The normalized spacial score (nSPS) is 12.1. The molecule has 82 valence electrons. The van der Waals surface area contributed by atoms with Crippen LogP contribution in [-0.2, 0) is 0 Å². The molecule has 0 aromatic heterocycles. The van der Waals surface area contributed by atoms with Gasteiger partial charge >= 0.3 is 0 Å². The maximum atomic E-state index is 11.6. The second-order valence-electron chi connectivity index (χ2n) is 3.28. The number of phenolic OH excluding ortho intramolecular Hbond substituents is 2. The zero-order valence-electron chi connectivity index (χ0n) is 8.40. The van der Waals surface area contributed by atoms with Gasteiger partial charge in [0, 0.05) is 12.6 Å². The Kier molecular flexibility index (Phi) is 3.51. The number of amides is 1. The molecular weight excluding hydrogens is 196 g/mol. The van der Waals surface area contributed by atoms with Gasteiger partial charge < -0.3 is 21.3 Å². The second kappa shape index (κ2) is 4.65. The van der Waals surface area contributed by atoms with Crippen LogP contribution in [0.25, 0.3) is 0 Å². The van der Waals surface area contributed by atoms with Gasteiger partial charge in [0.05, 0.1) is 0 Å². The summed E-state index contributed by atoms with van der Waals surface area (Å²) in [6.07, 6.45) is 0. The molecule has 0 radical (unpaired) electrons. The van der Waals surface area contributed by atoms with Crippen LogP contribution < -0.4 is 11.1 Å². The Hall–Kier alpha value is -1.75. The molecule has 5 N–H and O–H groups in total. The van der Waals surface area contributed by atoms with Gasteiger partial charge in [-0.25, -0.2) is 0 Å². The molecular formula is C10H14N2O3. The molecule has 5 nitrogen and oxygen atoms in total. The number of benzene rings is 1. The van der Waals surface area contributed by atoms with Gasteiger partial charge in [-0.05, 0) is 19.1 Å². The first kappa shape index (κ1) is 11.3. The number of phenols is 2. The Morgan fingerprint density at radius 2 is 2.00 bits per heavy atom. The fraction of sp³-hybridized carbons (Fsp3) is 0.300. The summed E-state index contributed by atoms with van der Waals surface area (Å²) >= 11 is 0. The average Bonchev–Trinajstić information content (AvgIpc) is 2.17. The Morgan fingerprint density at radius 1 is 1.47 bits per heavy atom. The molecule has 0 aliphatic heterocycles. The van der Waals surface area contributed by atoms with Crippen molar-refractivity contribution in [3.63, 3.8) is 0 Å². The molecule has 0 saturated heterocycles. The number of carbonyl (C=O) groups excluding carboxylic acids is 1. The highest BCUT2D eigenvalue weighted by Gasteiger charge is 2.16. The quantitative estimate of drug-likeness (QED) is 0.572. The van der Waals surface area contributed by atoms with Crippen LogP contribution >= 0.6 is 0 Å². The van der Waals surface area contributed by atoms with Crippen molar-refractivity contribution in [2.75, 3.05) is 6.54 Å². The van der Waals surface area contributed by atoms with E-state index < -0.39 is 5.91 Å². The van der Waals surface area contributed by atoms with E-state index in [0.717, 1.165) is 0 Å². The third-order valence-electron chi connectivity index (χ3n) is 1.98. The lowest BCUT2D eigenvalue weighted by Gasteiger charge is -2.12. The van der Waals surface area contributed by atoms with E-state index in [1.54, 1.807) is 6.92 Å². The van der Waals surface area contributed by atoms with Crippen molar-refractivity contribution in [1.29, 1.82) is 0 Å². The minimum absolute atomic E-state index is 0.127. The molecule has 1 atom stereocenters. The van der Waals surface area contributed by atoms with E-state index >= 15 is 0 Å². The lowest BCUT2D eigenvalue weighted by Crippen LogP contribution is -2.37. The predicted octanol–water partition coefficient (Wildman–Crippen LogP) is 0.175. The Bertz CT molecular complexity index is 345. The van der Waals surface area contributed by atoms with E-state index in [2.05, 4.69) is 5.32 Å². The van der Waals surface area contributed by atoms with Gasteiger partial charge in [0.1, 0.15) is 17.1 Å². The molecule has 0 saturated carbocycles. The lowest BCUT2D eigenvalue weighted by atomic mass is 10.1. The van der Waals surface area contributed by atoms with E-state index in [9.17, 15) is 15.0 Å². The van der Waals surface area contributed by atoms with Crippen LogP contribution in [-0.4, -0.2) is 28.7 Å². The van der Waals surface area contributed by atoms with Crippen molar-refractivity contribution in [2.45, 2.75) is 13.0 Å². The van der Waals surface area contributed by atoms with Crippen LogP contribution in [0.1, 0.15) is 17.3 Å². The SMILES string of the molecule is C[C@H](CN)NC(=O)c1c(O)cccc1O. The van der Waals surface area contributed by atoms with Crippen LogP contribution in [0, 0.1) is 0 Å². The standard InChI is InChI=1S/C10H14N2O3/c1-6(5-11)12-10(15)9-7(13)3-2-4-8(9)14/h2-4,6,13-14H,5,11H2,1H3,(H,12,15)/t6-/m1/s1. The van der Waals surface area contributed by atoms with Gasteiger partial charge in [0.2, 0.25) is 0 Å². The first-order valence-electron chi connectivity index (χ1n) is 4.58. The van der Waals surface area contributed by atoms with E-state index in [4.69, 9.17) is 5.73 Å². The van der Waals surface area contributed by atoms with Crippen LogP contribution in [0.4, 0.5) is 0 Å². The van der Waals surface area contributed by atoms with Gasteiger partial charge in [0.25, 0.3) is 5.91 Å². The topological polar surface area (TPSA) is 95.6 Å². The van der Waals surface area contributed by atoms with Crippen LogP contribution in [0.2, 0.25) is 0 Å². The predicted molar refractivity (Wildman–Crippen MR) is 55.8 cm³/mol. The van der Waals surface area contributed by atoms with Gasteiger partial charge in [-0.2, -0.15) is 0 Å². The van der Waals surface area contributed by atoms with Crippen molar-refractivity contribution in [3.05, 3.63) is 23.8 Å². The summed E-state index contributed by atoms with van der Waals surface area (Å²) in [7, 11) is 0. The van der Waals surface area contributed by atoms with Crippen LogP contribution in [0.5, 0.6) is 11.5 Å². The van der Waals surface area contributed by atoms with E-state index in [1.165, 1.54) is 18.2 Å². The minimum Gasteiger partial charge on any atom is -0.507 e. The number of hydrogen-bond acceptors (Lipinski definition) is 4. The van der Waals surface area contributed by atoms with Crippen molar-refractivity contribution < 1.29 is 15.0 Å². The van der Waals surface area contributed by atoms with Gasteiger partial charge in [-0.3, -0.25) is 4.79 Å². The first-order valence-corrected chi connectivity index (χ1v) is 4.58. The fourth-order valence-corrected chi connectivity index (χ4v) is 1.12. The average molecular weight is 210 g/mol. The third-order valence-corrected chi connectivity index (χ3v) is 1.98. The Morgan fingerprint density at radius 3 is 2.47 bits per heavy atom. The molecule has 1 aromatic rings. The number of nitrogens with two attached hydrogens (primary N) is 1. The highest BCUT2D eigenvalue weighted by Crippen LogP contribution is 2.25. The van der Waals surface area contributed by atoms with E-state index in [-0.39, 0.29) is 23.1 Å². The second-order valence-corrected chi connectivity index (χ2v) is 3.28. The molecule has 0 bridgehead atoms. The summed E-state index contributed by atoms with van der Waals surface area (Å²) in [5.41, 5.74) is 5.21. The molecule has 1 rings (SSSR count). The molecule has 1 aromatic carbocycles. The maximum Gasteiger partial charge on any atom is 0.259 e. The summed E-state index contributed by atoms with van der Waals surface area (Å²) in [6, 6.07) is 3.91. The summed E-state index contributed by atoms with van der Waals surface area (Å²) < 4.78 is 0. The van der Waals surface area contributed by atoms with Gasteiger partial charge in [-0.15, -0.1) is 0 Å². The summed E-state index contributed by atoms with van der Waals surface area (Å²) in [6.45, 7) is 2.02. The molecule has 15 heavy (non-hydrogen) atoms. The van der Waals surface area contributed by atoms with Gasteiger partial charge in [-0.1, -0.05) is 6.07 Å². The molecule has 0 aliphatic carbocycles. The summed E-state index contributed by atoms with van der Waals surface area (Å²) in [4.78, 5) is 11.6. The number of hydrogen-bond donors (Lipinski definition) is 4. The van der Waals surface area contributed by atoms with Crippen molar-refractivity contribution >= 4 is 5.91 Å². The summed E-state index contributed by atoms with van der Waals surface area (Å²) in [5, 5.41) is 21.3. The third kappa shape index (κ3) is 2.60. The molecule has 0 aliphatic rings. The number of nitrogens with one attached hydrogen (secondary N) is 1. The Labute approximate surface area is 87.5 Å². The first-order chi connectivity index (χ1) is 7.06. The molecule has 0 heterocycles. The fourth-order valence-electron chi connectivity index (χ4n) is 1.12. The molecule has 1 amide bonds. The minimum atomic E-state index is -0.538. The van der Waals surface area contributed by atoms with Crippen LogP contribution in [0.15, 0.2) is 18.2 Å². The molecule has 0 spiro atoms. The Balaban J connectivity index is 2.91. The molecule has 0 unspecified atom stereocenters. The van der Waals surface area contributed by atoms with Crippen LogP contribution in [0.3, 0.4) is 0 Å². The smallest absolute Gasteiger partial charge is 0.259 e. The van der Waals surface area contributed by atoms with Crippen molar-refractivity contribution in [2.24, 2.45) is 5.73 Å². The van der Waals surface area contributed by atoms with E-state index in [1.807, 2.05) is 0 Å². The van der Waals surface area contributed by atoms with E-state index in [0.29, 0.717) is 6.54 Å².